The molecule has 0 saturated carbocycles. The third-order valence-corrected chi connectivity index (χ3v) is 0.498. The van der Waals surface area contributed by atoms with Crippen molar-refractivity contribution in [2.24, 2.45) is 0 Å². The number of ketones is 1. The van der Waals surface area contributed by atoms with Crippen LogP contribution in [0.25, 0.3) is 0 Å². The van der Waals surface area contributed by atoms with E-state index in [-0.39, 0.29) is 20.6 Å². The monoisotopic (exact) mass is 104 g/mol. The summed E-state index contributed by atoms with van der Waals surface area (Å²) >= 11 is 0. The minimum Gasteiger partial charge on any atom is -0.300 e. The highest BCUT2D eigenvalue weighted by Crippen LogP contribution is 1.71. The molecule has 0 aliphatic rings. The Bertz CT molecular complexity index is 39.4. The van der Waals surface area contributed by atoms with Crippen molar-refractivity contribution >= 4 is 5.78 Å². The van der Waals surface area contributed by atoms with Gasteiger partial charge in [0.1, 0.15) is 5.78 Å². The standard InChI is InChI=1S/C4H8O.2CH4/c1-3-4(2)5;;/h3H2,1-2H3;2*1H4. The Morgan fingerprint density at radius 3 is 1.57 bits per heavy atom. The van der Waals surface area contributed by atoms with E-state index >= 15 is 0 Å². The van der Waals surface area contributed by atoms with Gasteiger partial charge in [-0.05, 0) is 6.92 Å². The molecule has 0 unspecified atom stereocenters. The van der Waals surface area contributed by atoms with Crippen molar-refractivity contribution in [1.82, 2.24) is 0 Å². The van der Waals surface area contributed by atoms with Gasteiger partial charge in [-0.2, -0.15) is 0 Å². The van der Waals surface area contributed by atoms with Crippen molar-refractivity contribution in [3.05, 3.63) is 0 Å². The molecule has 0 N–H and O–H groups in total. The van der Waals surface area contributed by atoms with Crippen LogP contribution < -0.4 is 0 Å². The molecule has 1 nitrogen and oxygen atoms in total. The second-order valence-corrected chi connectivity index (χ2v) is 1.06. The summed E-state index contributed by atoms with van der Waals surface area (Å²) in [6, 6.07) is 0. The first kappa shape index (κ1) is 15.9. The number of Topliss-reactive ketones (excluding diaryl/α,β-unsaturated/α-hetero) is 1. The van der Waals surface area contributed by atoms with E-state index in [9.17, 15) is 4.79 Å². The molecule has 0 aromatic heterocycles. The third-order valence-electron chi connectivity index (χ3n) is 0.498. The zero-order chi connectivity index (χ0) is 4.28. The summed E-state index contributed by atoms with van der Waals surface area (Å²) in [5, 5.41) is 0. The molecule has 0 heterocycles. The molecule has 0 aromatic rings. The minimum atomic E-state index is 0. The summed E-state index contributed by atoms with van der Waals surface area (Å²) in [6.07, 6.45) is 0.667. The summed E-state index contributed by atoms with van der Waals surface area (Å²) < 4.78 is 0. The molecule has 0 atom stereocenters. The number of hydrogen-bond acceptors (Lipinski definition) is 1. The molecule has 46 valence electrons. The predicted molar refractivity (Wildman–Crippen MR) is 34.4 cm³/mol. The molecule has 0 aliphatic heterocycles. The summed E-state index contributed by atoms with van der Waals surface area (Å²) in [6.45, 7) is 3.43. The van der Waals surface area contributed by atoms with Crippen LogP contribution in [0.4, 0.5) is 0 Å². The van der Waals surface area contributed by atoms with Gasteiger partial charge in [0.15, 0.2) is 0 Å². The second-order valence-electron chi connectivity index (χ2n) is 1.06. The van der Waals surface area contributed by atoms with E-state index in [4.69, 9.17) is 0 Å². The van der Waals surface area contributed by atoms with Crippen molar-refractivity contribution in [3.8, 4) is 0 Å². The van der Waals surface area contributed by atoms with Crippen LogP contribution in [0.3, 0.4) is 0 Å². The highest BCUT2D eigenvalue weighted by molar-refractivity contribution is 5.74. The smallest absolute Gasteiger partial charge is 0.129 e. The van der Waals surface area contributed by atoms with E-state index in [0.717, 1.165) is 0 Å². The van der Waals surface area contributed by atoms with E-state index < -0.39 is 0 Å². The summed E-state index contributed by atoms with van der Waals surface area (Å²) in [5.41, 5.74) is 0. The van der Waals surface area contributed by atoms with Crippen LogP contribution in [0, 0.1) is 0 Å². The van der Waals surface area contributed by atoms with E-state index in [0.29, 0.717) is 6.42 Å². The quantitative estimate of drug-likeness (QED) is 0.498. The number of carbonyl (C=O) groups is 1. The maximum Gasteiger partial charge on any atom is 0.129 e. The molecule has 0 bridgehead atoms. The molecule has 1 heteroatoms. The molecule has 0 aromatic carbocycles. The normalized spacial score (nSPS) is 5.43. The van der Waals surface area contributed by atoms with Gasteiger partial charge in [0, 0.05) is 6.42 Å². The highest BCUT2D eigenvalue weighted by Gasteiger charge is 1.76. The Labute approximate surface area is 46.7 Å². The second kappa shape index (κ2) is 9.18. The van der Waals surface area contributed by atoms with Crippen LogP contribution in [0.1, 0.15) is 35.1 Å². The van der Waals surface area contributed by atoms with Gasteiger partial charge in [0.2, 0.25) is 0 Å². The average molecular weight is 104 g/mol. The van der Waals surface area contributed by atoms with Gasteiger partial charge in [-0.3, -0.25) is 0 Å². The van der Waals surface area contributed by atoms with Gasteiger partial charge >= 0.3 is 0 Å². The maximum absolute atomic E-state index is 9.81. The number of hydrogen-bond donors (Lipinski definition) is 0. The molecule has 0 aliphatic carbocycles. The Morgan fingerprint density at radius 1 is 1.43 bits per heavy atom. The first-order chi connectivity index (χ1) is 2.27. The summed E-state index contributed by atoms with van der Waals surface area (Å²) in [4.78, 5) is 9.81. The van der Waals surface area contributed by atoms with E-state index in [1.807, 2.05) is 6.92 Å². The van der Waals surface area contributed by atoms with Crippen LogP contribution >= 0.6 is 0 Å². The van der Waals surface area contributed by atoms with Gasteiger partial charge < -0.3 is 4.79 Å². The molecule has 0 spiro atoms. The van der Waals surface area contributed by atoms with E-state index in [1.165, 1.54) is 0 Å². The molecule has 0 amide bonds. The first-order valence-corrected chi connectivity index (χ1v) is 1.76. The summed E-state index contributed by atoms with van der Waals surface area (Å²) in [7, 11) is 0. The fraction of sp³-hybridized carbons (Fsp3) is 0.833. The Morgan fingerprint density at radius 2 is 1.57 bits per heavy atom. The van der Waals surface area contributed by atoms with Crippen LogP contribution in [-0.4, -0.2) is 5.78 Å². The lowest BCUT2D eigenvalue weighted by Gasteiger charge is -1.71. The molecular weight excluding hydrogens is 88.1 g/mol. The molecule has 0 saturated heterocycles. The molecular formula is C6H16O. The van der Waals surface area contributed by atoms with Crippen molar-refractivity contribution in [2.45, 2.75) is 35.1 Å². The van der Waals surface area contributed by atoms with Crippen LogP contribution in [0.5, 0.6) is 0 Å². The largest absolute Gasteiger partial charge is 0.300 e. The topological polar surface area (TPSA) is 17.1 Å². The van der Waals surface area contributed by atoms with Gasteiger partial charge in [-0.15, -0.1) is 0 Å². The highest BCUT2D eigenvalue weighted by atomic mass is 16.1. The third kappa shape index (κ3) is 27.4. The van der Waals surface area contributed by atoms with E-state index in [1.54, 1.807) is 6.92 Å². The van der Waals surface area contributed by atoms with E-state index in [2.05, 4.69) is 0 Å². The van der Waals surface area contributed by atoms with Gasteiger partial charge in [-0.25, -0.2) is 0 Å². The van der Waals surface area contributed by atoms with Gasteiger partial charge in [0.05, 0.1) is 0 Å². The predicted octanol–water partition coefficient (Wildman–Crippen LogP) is 2.26. The van der Waals surface area contributed by atoms with Crippen LogP contribution in [0.15, 0.2) is 0 Å². The van der Waals surface area contributed by atoms with Gasteiger partial charge in [0.25, 0.3) is 0 Å². The lowest BCUT2D eigenvalue weighted by Crippen LogP contribution is -1.80. The van der Waals surface area contributed by atoms with Crippen LogP contribution in [-0.2, 0) is 4.79 Å². The Kier molecular flexibility index (Phi) is 20.9. The van der Waals surface area contributed by atoms with Gasteiger partial charge in [-0.1, -0.05) is 21.8 Å². The molecule has 7 heavy (non-hydrogen) atoms. The first-order valence-electron chi connectivity index (χ1n) is 1.76. The summed E-state index contributed by atoms with van der Waals surface area (Å²) in [5.74, 6) is 0.255. The van der Waals surface area contributed by atoms with Crippen molar-refractivity contribution in [3.63, 3.8) is 0 Å². The lowest BCUT2D eigenvalue weighted by molar-refractivity contribution is -0.116. The molecule has 0 fully saturated rings. The number of rotatable bonds is 1. The zero-order valence-corrected chi connectivity index (χ0v) is 3.62. The molecule has 0 radical (unpaired) electrons. The van der Waals surface area contributed by atoms with Crippen LogP contribution in [0.2, 0.25) is 0 Å². The average Bonchev–Trinajstić information content (AvgIpc) is 1.38. The van der Waals surface area contributed by atoms with Crippen molar-refractivity contribution < 1.29 is 4.79 Å². The minimum absolute atomic E-state index is 0. The SMILES string of the molecule is C.C.CCC(C)=O. The van der Waals surface area contributed by atoms with Crippen molar-refractivity contribution in [1.29, 1.82) is 0 Å². The number of carbonyl (C=O) groups excluding carboxylic acids is 1. The van der Waals surface area contributed by atoms with Crippen molar-refractivity contribution in [2.75, 3.05) is 0 Å². The maximum atomic E-state index is 9.81. The Hall–Kier alpha value is -0.330. The zero-order valence-electron chi connectivity index (χ0n) is 3.62. The Balaban J connectivity index is -0.0000000800. The fourth-order valence-electron chi connectivity index (χ4n) is 0. The fourth-order valence-corrected chi connectivity index (χ4v) is 0. The lowest BCUT2D eigenvalue weighted by atomic mass is 10.4. The molecule has 0 rings (SSSR count).